The van der Waals surface area contributed by atoms with Gasteiger partial charge in [-0.15, -0.1) is 0 Å². The molecule has 2 aromatic rings. The highest BCUT2D eigenvalue weighted by atomic mass is 16.5. The van der Waals surface area contributed by atoms with E-state index in [9.17, 15) is 14.4 Å². The second-order valence-corrected chi connectivity index (χ2v) is 11.6. The van der Waals surface area contributed by atoms with Gasteiger partial charge in [-0.25, -0.2) is 0 Å². The number of nitrogens with one attached hydrogen (secondary N) is 2. The minimum Gasteiger partial charge on any atom is -0.495 e. The van der Waals surface area contributed by atoms with Crippen LogP contribution >= 0.6 is 0 Å². The molecule has 0 bridgehead atoms. The summed E-state index contributed by atoms with van der Waals surface area (Å²) < 4.78 is 11.2. The van der Waals surface area contributed by atoms with Crippen LogP contribution in [0.5, 0.6) is 5.75 Å². The topological polar surface area (TPSA) is 169 Å². The number of carbonyl (C=O) groups is 4. The van der Waals surface area contributed by atoms with Gasteiger partial charge in [0.2, 0.25) is 18.7 Å². The second-order valence-electron chi connectivity index (χ2n) is 11.6. The molecule has 0 aliphatic carbocycles. The number of likely N-dealkylation sites (tertiary alicyclic amines) is 1. The number of benzene rings is 2. The summed E-state index contributed by atoms with van der Waals surface area (Å²) in [6.45, 7) is 8.50. The quantitative estimate of drug-likeness (QED) is 0.0803. The Morgan fingerprint density at radius 2 is 1.90 bits per heavy atom. The summed E-state index contributed by atoms with van der Waals surface area (Å²) in [5.74, 6) is 7.46. The van der Waals surface area contributed by atoms with Crippen molar-refractivity contribution in [3.8, 4) is 17.6 Å². The van der Waals surface area contributed by atoms with E-state index in [-0.39, 0.29) is 24.8 Å². The average Bonchev–Trinajstić information content (AvgIpc) is 3.09. The van der Waals surface area contributed by atoms with Crippen LogP contribution in [0, 0.1) is 11.8 Å². The summed E-state index contributed by atoms with van der Waals surface area (Å²) in [4.78, 5) is 47.0. The first-order valence-corrected chi connectivity index (χ1v) is 16.4. The Hall–Kier alpha value is -4.28. The van der Waals surface area contributed by atoms with Gasteiger partial charge in [0.1, 0.15) is 12.0 Å². The van der Waals surface area contributed by atoms with E-state index >= 15 is 0 Å². The van der Waals surface area contributed by atoms with Gasteiger partial charge in [-0.2, -0.15) is 0 Å². The van der Waals surface area contributed by atoms with E-state index in [1.807, 2.05) is 32.2 Å². The number of hydrogen-bond donors (Lipinski definition) is 4. The van der Waals surface area contributed by atoms with E-state index in [2.05, 4.69) is 50.1 Å². The number of piperidine rings is 1. The molecule has 3 rings (SSSR count). The first-order chi connectivity index (χ1) is 23.3. The normalized spacial score (nSPS) is 13.8. The molecule has 1 heterocycles. The van der Waals surface area contributed by atoms with Crippen LogP contribution in [0.25, 0.3) is 0 Å². The smallest absolute Gasteiger partial charge is 0.226 e. The molecule has 1 unspecified atom stereocenters. The van der Waals surface area contributed by atoms with Crippen LogP contribution in [0.15, 0.2) is 36.4 Å². The third kappa shape index (κ3) is 14.2. The number of aldehydes is 1. The van der Waals surface area contributed by atoms with Crippen molar-refractivity contribution in [2.75, 3.05) is 65.8 Å². The zero-order valence-corrected chi connectivity index (χ0v) is 28.5. The highest BCUT2D eigenvalue weighted by Gasteiger charge is 2.21. The summed E-state index contributed by atoms with van der Waals surface area (Å²) in [5, 5.41) is 5.55. The number of ether oxygens (including phenoxy) is 2. The first kappa shape index (κ1) is 39.9. The summed E-state index contributed by atoms with van der Waals surface area (Å²) >= 11 is 0. The van der Waals surface area contributed by atoms with Crippen LogP contribution in [0.3, 0.4) is 0 Å². The molecule has 1 fully saturated rings. The monoisotopic (exact) mass is 664 g/mol. The summed E-state index contributed by atoms with van der Waals surface area (Å²) in [6.07, 6.45) is 5.28. The highest BCUT2D eigenvalue weighted by Crippen LogP contribution is 2.32. The van der Waals surface area contributed by atoms with Crippen LogP contribution in [0.2, 0.25) is 0 Å². The molecule has 12 nitrogen and oxygen atoms in total. The van der Waals surface area contributed by atoms with Gasteiger partial charge < -0.3 is 31.2 Å². The molecular formula is C36H52N6O6. The summed E-state index contributed by atoms with van der Waals surface area (Å²) in [7, 11) is 3.61. The molecule has 3 amide bonds. The fraction of sp³-hybridized carbons (Fsp3) is 0.500. The molecule has 1 aliphatic heterocycles. The van der Waals surface area contributed by atoms with Gasteiger partial charge in [-0.05, 0) is 81.6 Å². The number of anilines is 1. The van der Waals surface area contributed by atoms with Gasteiger partial charge in [0.05, 0.1) is 26.0 Å². The van der Waals surface area contributed by atoms with Crippen molar-refractivity contribution in [3.05, 3.63) is 58.7 Å². The predicted molar refractivity (Wildman–Crippen MR) is 187 cm³/mol. The molecule has 262 valence electrons. The Morgan fingerprint density at radius 1 is 1.15 bits per heavy atom. The van der Waals surface area contributed by atoms with E-state index in [4.69, 9.17) is 20.0 Å². The number of primary amides is 1. The van der Waals surface area contributed by atoms with Gasteiger partial charge in [0, 0.05) is 56.2 Å². The SMILES string of the molecule is COc1cc(C2CCN(CCOCCNCCC#Cc3cccc(C=O)c3CN(C)C(C)CCC(=O)NC=O)CC2)ccc1N.NC=O. The second kappa shape index (κ2) is 23.1. The van der Waals surface area contributed by atoms with Crippen LogP contribution in [-0.2, 0) is 25.7 Å². The number of methoxy groups -OCH3 is 1. The lowest BCUT2D eigenvalue weighted by atomic mass is 9.89. The van der Waals surface area contributed by atoms with Crippen molar-refractivity contribution in [1.82, 2.24) is 20.4 Å². The first-order valence-electron chi connectivity index (χ1n) is 16.4. The lowest BCUT2D eigenvalue weighted by Gasteiger charge is -2.32. The highest BCUT2D eigenvalue weighted by molar-refractivity contribution is 5.85. The van der Waals surface area contributed by atoms with Crippen LogP contribution < -0.4 is 26.8 Å². The van der Waals surface area contributed by atoms with Crippen molar-refractivity contribution < 1.29 is 28.7 Å². The Bertz CT molecular complexity index is 1350. The van der Waals surface area contributed by atoms with Crippen LogP contribution in [0.1, 0.15) is 72.0 Å². The predicted octanol–water partition coefficient (Wildman–Crippen LogP) is 2.29. The maximum absolute atomic E-state index is 11.7. The Labute approximate surface area is 284 Å². The Morgan fingerprint density at radius 3 is 2.58 bits per heavy atom. The van der Waals surface area contributed by atoms with Crippen molar-refractivity contribution in [2.24, 2.45) is 5.73 Å². The van der Waals surface area contributed by atoms with Gasteiger partial charge in [-0.1, -0.05) is 30.0 Å². The molecule has 1 saturated heterocycles. The molecule has 1 atom stereocenters. The lowest BCUT2D eigenvalue weighted by molar-refractivity contribution is -0.125. The summed E-state index contributed by atoms with van der Waals surface area (Å²) in [6, 6.07) is 11.8. The minimum atomic E-state index is -0.297. The molecule has 0 spiro atoms. The van der Waals surface area contributed by atoms with Crippen LogP contribution in [0.4, 0.5) is 5.69 Å². The van der Waals surface area contributed by atoms with E-state index in [0.717, 1.165) is 75.3 Å². The van der Waals surface area contributed by atoms with Crippen molar-refractivity contribution in [2.45, 2.75) is 57.5 Å². The van der Waals surface area contributed by atoms with Gasteiger partial charge in [0.25, 0.3) is 0 Å². The van der Waals surface area contributed by atoms with E-state index in [1.165, 1.54) is 5.56 Å². The number of nitrogen functional groups attached to an aromatic ring is 1. The molecule has 2 aromatic carbocycles. The molecule has 1 aliphatic rings. The number of amides is 3. The molecular weight excluding hydrogens is 612 g/mol. The third-order valence-electron chi connectivity index (χ3n) is 8.45. The number of rotatable bonds is 18. The largest absolute Gasteiger partial charge is 0.495 e. The zero-order valence-electron chi connectivity index (χ0n) is 28.5. The third-order valence-corrected chi connectivity index (χ3v) is 8.45. The fourth-order valence-corrected chi connectivity index (χ4v) is 5.46. The molecule has 0 saturated carbocycles. The van der Waals surface area contributed by atoms with Gasteiger partial charge in [0.15, 0.2) is 0 Å². The van der Waals surface area contributed by atoms with Crippen LogP contribution in [-0.4, -0.2) is 101 Å². The number of imide groups is 1. The van der Waals surface area contributed by atoms with E-state index in [0.29, 0.717) is 49.6 Å². The molecule has 48 heavy (non-hydrogen) atoms. The number of hydrogen-bond acceptors (Lipinski definition) is 10. The summed E-state index contributed by atoms with van der Waals surface area (Å²) in [5.41, 5.74) is 14.4. The standard InChI is InChI=1S/C35H49N5O5.CH3NO/c1-27(10-13-35(43)38-26-42)39(2)24-32-29(8-6-9-31(32)25-41)7-4-5-16-37-17-21-45-22-20-40-18-14-28(15-19-40)30-11-12-33(36)34(23-30)44-3;2-1-3/h6,8-9,11-12,23,25-28,37H,5,10,13-22,24,36H2,1-3H3,(H,38,42,43);1H,(H2,2,3). The fourth-order valence-electron chi connectivity index (χ4n) is 5.46. The van der Waals surface area contributed by atoms with E-state index in [1.54, 1.807) is 13.2 Å². The van der Waals surface area contributed by atoms with Crippen molar-refractivity contribution in [3.63, 3.8) is 0 Å². The number of nitrogens with two attached hydrogens (primary N) is 2. The maximum Gasteiger partial charge on any atom is 0.226 e. The minimum absolute atomic E-state index is 0.0759. The molecule has 6 N–H and O–H groups in total. The maximum atomic E-state index is 11.7. The Balaban J connectivity index is 0.00000257. The molecule has 0 aromatic heterocycles. The number of carbonyl (C=O) groups excluding carboxylic acids is 4. The van der Waals surface area contributed by atoms with E-state index < -0.39 is 0 Å². The van der Waals surface area contributed by atoms with Gasteiger partial charge >= 0.3 is 0 Å². The number of nitrogens with zero attached hydrogens (tertiary/aromatic N) is 2. The van der Waals surface area contributed by atoms with Crippen molar-refractivity contribution >= 4 is 30.7 Å². The lowest BCUT2D eigenvalue weighted by Crippen LogP contribution is -2.35. The molecule has 0 radical (unpaired) electrons. The molecule has 12 heteroatoms. The average molecular weight is 665 g/mol. The zero-order chi connectivity index (χ0) is 35.1. The Kier molecular flexibility index (Phi) is 19.2. The van der Waals surface area contributed by atoms with Gasteiger partial charge in [-0.3, -0.25) is 29.4 Å². The van der Waals surface area contributed by atoms with Crippen molar-refractivity contribution in [1.29, 1.82) is 0 Å².